The summed E-state index contributed by atoms with van der Waals surface area (Å²) in [7, 11) is 3.23. The largest absolute Gasteiger partial charge is 0.493 e. The third-order valence-corrected chi connectivity index (χ3v) is 4.53. The molecular weight excluding hydrogens is 390 g/mol. The zero-order valence-corrected chi connectivity index (χ0v) is 17.6. The first-order chi connectivity index (χ1) is 14.1. The summed E-state index contributed by atoms with van der Waals surface area (Å²) in [4.78, 5) is 13.1. The van der Waals surface area contributed by atoms with Crippen LogP contribution in [0.25, 0.3) is 11.4 Å². The predicted molar refractivity (Wildman–Crippen MR) is 114 cm³/mol. The number of hydrazone groups is 1. The molecule has 2 heterocycles. The molecule has 8 nitrogen and oxygen atoms in total. The Bertz CT molecular complexity index is 972. The molecule has 0 radical (unpaired) electrons. The quantitative estimate of drug-likeness (QED) is 0.418. The maximum absolute atomic E-state index is 5.81. The van der Waals surface area contributed by atoms with Crippen LogP contribution in [0.15, 0.2) is 40.1 Å². The maximum atomic E-state index is 5.81. The van der Waals surface area contributed by atoms with Gasteiger partial charge in [0.25, 0.3) is 0 Å². The van der Waals surface area contributed by atoms with Crippen molar-refractivity contribution in [2.45, 2.75) is 20.3 Å². The van der Waals surface area contributed by atoms with Crippen molar-refractivity contribution in [3.63, 3.8) is 0 Å². The van der Waals surface area contributed by atoms with Gasteiger partial charge in [0.15, 0.2) is 17.3 Å². The lowest BCUT2D eigenvalue weighted by atomic mass is 10.1. The molecule has 0 bridgehead atoms. The Balaban J connectivity index is 1.73. The van der Waals surface area contributed by atoms with E-state index in [4.69, 9.17) is 14.2 Å². The van der Waals surface area contributed by atoms with Gasteiger partial charge >= 0.3 is 6.01 Å². The van der Waals surface area contributed by atoms with Crippen LogP contribution in [0.1, 0.15) is 19.4 Å². The topological polar surface area (TPSA) is 90.8 Å². The lowest BCUT2D eigenvalue weighted by molar-refractivity contribution is 0.295. The molecule has 0 aliphatic carbocycles. The minimum atomic E-state index is 0.244. The molecule has 0 saturated carbocycles. The first-order valence-electron chi connectivity index (χ1n) is 8.98. The van der Waals surface area contributed by atoms with E-state index in [1.165, 1.54) is 0 Å². The van der Waals surface area contributed by atoms with E-state index >= 15 is 0 Å². The SMILES string of the molecule is COc1ccc(CCOc2nc(NN=C(C)C)nc(-c3ccsc3)n2)cc1OC. The van der Waals surface area contributed by atoms with Crippen LogP contribution in [-0.2, 0) is 6.42 Å². The van der Waals surface area contributed by atoms with Gasteiger partial charge in [-0.1, -0.05) is 6.07 Å². The fourth-order valence-corrected chi connectivity index (χ4v) is 3.08. The van der Waals surface area contributed by atoms with E-state index in [1.807, 2.05) is 48.9 Å². The molecule has 3 aromatic rings. The molecule has 9 heteroatoms. The summed E-state index contributed by atoms with van der Waals surface area (Å²) >= 11 is 1.57. The standard InChI is InChI=1S/C20H23N5O3S/c1-13(2)24-25-19-21-18(15-8-10-29-12-15)22-20(23-19)28-9-7-14-5-6-16(26-3)17(11-14)27-4/h5-6,8,10-12H,7,9H2,1-4H3,(H,21,22,23,25). The van der Waals surface area contributed by atoms with Crippen molar-refractivity contribution in [1.82, 2.24) is 15.0 Å². The summed E-state index contributed by atoms with van der Waals surface area (Å²) in [5.74, 6) is 2.25. The Hall–Kier alpha value is -3.20. The lowest BCUT2D eigenvalue weighted by Gasteiger charge is -2.10. The average Bonchev–Trinajstić information content (AvgIpc) is 3.27. The average molecular weight is 414 g/mol. The van der Waals surface area contributed by atoms with Gasteiger partial charge < -0.3 is 14.2 Å². The second-order valence-corrected chi connectivity index (χ2v) is 7.02. The molecule has 1 aromatic carbocycles. The Morgan fingerprint density at radius 3 is 2.59 bits per heavy atom. The molecule has 0 saturated heterocycles. The monoisotopic (exact) mass is 413 g/mol. The van der Waals surface area contributed by atoms with Gasteiger partial charge in [-0.25, -0.2) is 5.43 Å². The first-order valence-corrected chi connectivity index (χ1v) is 9.92. The fraction of sp³-hybridized carbons (Fsp3) is 0.300. The molecule has 1 N–H and O–H groups in total. The normalized spacial score (nSPS) is 10.3. The van der Waals surface area contributed by atoms with E-state index in [9.17, 15) is 0 Å². The highest BCUT2D eigenvalue weighted by Gasteiger charge is 2.11. The number of thiophene rings is 1. The third-order valence-electron chi connectivity index (χ3n) is 3.84. The number of hydrogen-bond donors (Lipinski definition) is 1. The summed E-state index contributed by atoms with van der Waals surface area (Å²) in [6, 6.07) is 7.97. The smallest absolute Gasteiger partial charge is 0.321 e. The van der Waals surface area contributed by atoms with E-state index in [0.717, 1.165) is 16.8 Å². The number of nitrogens with zero attached hydrogens (tertiary/aromatic N) is 4. The summed E-state index contributed by atoms with van der Waals surface area (Å²) in [6.07, 6.45) is 0.662. The number of nitrogens with one attached hydrogen (secondary N) is 1. The van der Waals surface area contributed by atoms with Crippen LogP contribution in [0.5, 0.6) is 17.5 Å². The zero-order valence-electron chi connectivity index (χ0n) is 16.8. The van der Waals surface area contributed by atoms with E-state index in [1.54, 1.807) is 25.6 Å². The van der Waals surface area contributed by atoms with Crippen LogP contribution < -0.4 is 19.6 Å². The highest BCUT2D eigenvalue weighted by molar-refractivity contribution is 7.08. The molecule has 0 unspecified atom stereocenters. The number of ether oxygens (including phenoxy) is 3. The molecule has 0 amide bonds. The van der Waals surface area contributed by atoms with Gasteiger partial charge in [-0.3, -0.25) is 0 Å². The molecule has 2 aromatic heterocycles. The molecular formula is C20H23N5O3S. The minimum absolute atomic E-state index is 0.244. The Kier molecular flexibility index (Phi) is 6.96. The van der Waals surface area contributed by atoms with Crippen LogP contribution in [0.3, 0.4) is 0 Å². The third kappa shape index (κ3) is 5.64. The molecule has 0 aliphatic rings. The van der Waals surface area contributed by atoms with E-state index < -0.39 is 0 Å². The van der Waals surface area contributed by atoms with Crippen molar-refractivity contribution in [2.24, 2.45) is 5.10 Å². The molecule has 152 valence electrons. The van der Waals surface area contributed by atoms with Crippen molar-refractivity contribution in [3.05, 3.63) is 40.6 Å². The van der Waals surface area contributed by atoms with Gasteiger partial charge in [-0.15, -0.1) is 0 Å². The van der Waals surface area contributed by atoms with Crippen LogP contribution in [0.2, 0.25) is 0 Å². The highest BCUT2D eigenvalue weighted by Crippen LogP contribution is 2.28. The van der Waals surface area contributed by atoms with Crippen LogP contribution in [0.4, 0.5) is 5.95 Å². The van der Waals surface area contributed by atoms with Crippen molar-refractivity contribution in [2.75, 3.05) is 26.3 Å². The molecule has 0 aliphatic heterocycles. The molecule has 3 rings (SSSR count). The zero-order chi connectivity index (χ0) is 20.6. The Morgan fingerprint density at radius 1 is 1.07 bits per heavy atom. The van der Waals surface area contributed by atoms with Crippen molar-refractivity contribution in [3.8, 4) is 28.9 Å². The Morgan fingerprint density at radius 2 is 1.90 bits per heavy atom. The number of rotatable bonds is 9. The highest BCUT2D eigenvalue weighted by atomic mass is 32.1. The first kappa shape index (κ1) is 20.5. The summed E-state index contributed by atoms with van der Waals surface area (Å²) in [6.45, 7) is 4.17. The summed E-state index contributed by atoms with van der Waals surface area (Å²) in [5, 5.41) is 8.10. The molecule has 29 heavy (non-hydrogen) atoms. The van der Waals surface area contributed by atoms with E-state index in [2.05, 4.69) is 25.5 Å². The summed E-state index contributed by atoms with van der Waals surface area (Å²) in [5.41, 5.74) is 5.66. The predicted octanol–water partition coefficient (Wildman–Crippen LogP) is 4.05. The second-order valence-electron chi connectivity index (χ2n) is 6.24. The Labute approximate surface area is 173 Å². The van der Waals surface area contributed by atoms with Crippen molar-refractivity contribution in [1.29, 1.82) is 0 Å². The molecule has 0 fully saturated rings. The van der Waals surface area contributed by atoms with Gasteiger partial charge in [0, 0.05) is 23.1 Å². The number of hydrogen-bond acceptors (Lipinski definition) is 9. The number of benzene rings is 1. The van der Waals surface area contributed by atoms with Gasteiger partial charge in [-0.05, 0) is 43.0 Å². The number of methoxy groups -OCH3 is 2. The number of anilines is 1. The van der Waals surface area contributed by atoms with Crippen LogP contribution in [-0.4, -0.2) is 41.5 Å². The van der Waals surface area contributed by atoms with Gasteiger partial charge in [0.05, 0.1) is 20.8 Å². The van der Waals surface area contributed by atoms with Gasteiger partial charge in [0.2, 0.25) is 5.95 Å². The van der Waals surface area contributed by atoms with Crippen LogP contribution in [0, 0.1) is 0 Å². The second kappa shape index (κ2) is 9.83. The van der Waals surface area contributed by atoms with Gasteiger partial charge in [-0.2, -0.15) is 31.4 Å². The molecule has 0 atom stereocenters. The van der Waals surface area contributed by atoms with E-state index in [-0.39, 0.29) is 6.01 Å². The van der Waals surface area contributed by atoms with Crippen LogP contribution >= 0.6 is 11.3 Å². The van der Waals surface area contributed by atoms with Crippen molar-refractivity contribution < 1.29 is 14.2 Å². The fourth-order valence-electron chi connectivity index (χ4n) is 2.45. The summed E-state index contributed by atoms with van der Waals surface area (Å²) < 4.78 is 16.4. The molecule has 0 spiro atoms. The number of aromatic nitrogens is 3. The van der Waals surface area contributed by atoms with Crippen molar-refractivity contribution >= 4 is 23.0 Å². The lowest BCUT2D eigenvalue weighted by Crippen LogP contribution is -2.08. The maximum Gasteiger partial charge on any atom is 0.321 e. The van der Waals surface area contributed by atoms with Gasteiger partial charge in [0.1, 0.15) is 0 Å². The van der Waals surface area contributed by atoms with E-state index in [0.29, 0.717) is 36.3 Å². The minimum Gasteiger partial charge on any atom is -0.493 e.